The van der Waals surface area contributed by atoms with Crippen LogP contribution in [0, 0.1) is 10.1 Å². The molecule has 6 nitrogen and oxygen atoms in total. The van der Waals surface area contributed by atoms with Gasteiger partial charge < -0.3 is 10.6 Å². The summed E-state index contributed by atoms with van der Waals surface area (Å²) in [5.41, 5.74) is 0.447. The summed E-state index contributed by atoms with van der Waals surface area (Å²) in [4.78, 5) is 22.1. The Morgan fingerprint density at radius 2 is 2.05 bits per heavy atom. The van der Waals surface area contributed by atoms with Crippen molar-refractivity contribution in [2.45, 2.75) is 25.3 Å². The molecule has 1 aliphatic rings. The molecule has 0 radical (unpaired) electrons. The SMILES string of the molecule is O=C(NC1CCCCNC1)c1ccc([N+](=O)[O-])cc1. The van der Waals surface area contributed by atoms with Gasteiger partial charge in [-0.3, -0.25) is 14.9 Å². The molecule has 0 spiro atoms. The summed E-state index contributed by atoms with van der Waals surface area (Å²) >= 11 is 0. The molecule has 2 rings (SSSR count). The highest BCUT2D eigenvalue weighted by molar-refractivity contribution is 5.94. The zero-order valence-electron chi connectivity index (χ0n) is 10.6. The number of carbonyl (C=O) groups is 1. The van der Waals surface area contributed by atoms with Gasteiger partial charge in [-0.15, -0.1) is 0 Å². The van der Waals surface area contributed by atoms with Gasteiger partial charge in [-0.05, 0) is 31.5 Å². The highest BCUT2D eigenvalue weighted by Crippen LogP contribution is 2.12. The summed E-state index contributed by atoms with van der Waals surface area (Å²) in [7, 11) is 0. The van der Waals surface area contributed by atoms with Crippen LogP contribution in [0.4, 0.5) is 5.69 Å². The fraction of sp³-hybridized carbons (Fsp3) is 0.462. The summed E-state index contributed by atoms with van der Waals surface area (Å²) < 4.78 is 0. The van der Waals surface area contributed by atoms with E-state index >= 15 is 0 Å². The van der Waals surface area contributed by atoms with Crippen LogP contribution in [0.1, 0.15) is 29.6 Å². The first-order chi connectivity index (χ1) is 9.16. The molecule has 1 saturated heterocycles. The third-order valence-corrected chi connectivity index (χ3v) is 3.22. The Kier molecular flexibility index (Phi) is 4.46. The Labute approximate surface area is 111 Å². The third-order valence-electron chi connectivity index (χ3n) is 3.22. The van der Waals surface area contributed by atoms with Gasteiger partial charge in [0.05, 0.1) is 4.92 Å². The smallest absolute Gasteiger partial charge is 0.269 e. The van der Waals surface area contributed by atoms with E-state index in [-0.39, 0.29) is 17.6 Å². The van der Waals surface area contributed by atoms with Crippen LogP contribution in [0.25, 0.3) is 0 Å². The van der Waals surface area contributed by atoms with Crippen LogP contribution in [0.3, 0.4) is 0 Å². The monoisotopic (exact) mass is 263 g/mol. The van der Waals surface area contributed by atoms with Crippen LogP contribution in [-0.2, 0) is 0 Å². The van der Waals surface area contributed by atoms with Gasteiger partial charge >= 0.3 is 0 Å². The summed E-state index contributed by atoms with van der Waals surface area (Å²) in [5.74, 6) is -0.177. The van der Waals surface area contributed by atoms with Crippen molar-refractivity contribution in [2.75, 3.05) is 13.1 Å². The molecule has 6 heteroatoms. The number of nitro benzene ring substituents is 1. The molecular weight excluding hydrogens is 246 g/mol. The molecule has 0 saturated carbocycles. The zero-order valence-corrected chi connectivity index (χ0v) is 10.6. The number of nitrogens with one attached hydrogen (secondary N) is 2. The first-order valence-electron chi connectivity index (χ1n) is 6.43. The molecule has 1 fully saturated rings. The number of non-ortho nitro benzene ring substituents is 1. The van der Waals surface area contributed by atoms with Gasteiger partial charge in [0, 0.05) is 30.3 Å². The minimum absolute atomic E-state index is 0.00677. The van der Waals surface area contributed by atoms with E-state index in [1.807, 2.05) is 0 Å². The van der Waals surface area contributed by atoms with Crippen molar-refractivity contribution in [3.05, 3.63) is 39.9 Å². The lowest BCUT2D eigenvalue weighted by Crippen LogP contribution is -2.40. The molecule has 1 unspecified atom stereocenters. The summed E-state index contributed by atoms with van der Waals surface area (Å²) in [6.45, 7) is 1.77. The lowest BCUT2D eigenvalue weighted by Gasteiger charge is -2.16. The topological polar surface area (TPSA) is 84.3 Å². The van der Waals surface area contributed by atoms with Crippen molar-refractivity contribution in [2.24, 2.45) is 0 Å². The van der Waals surface area contributed by atoms with Crippen LogP contribution in [0.15, 0.2) is 24.3 Å². The number of carbonyl (C=O) groups excluding carboxylic acids is 1. The van der Waals surface area contributed by atoms with Crippen LogP contribution in [0.5, 0.6) is 0 Å². The number of hydrogen-bond donors (Lipinski definition) is 2. The molecule has 19 heavy (non-hydrogen) atoms. The fourth-order valence-electron chi connectivity index (χ4n) is 2.15. The second kappa shape index (κ2) is 6.29. The van der Waals surface area contributed by atoms with Crippen LogP contribution >= 0.6 is 0 Å². The number of nitro groups is 1. The van der Waals surface area contributed by atoms with Gasteiger partial charge in [0.2, 0.25) is 0 Å². The molecular formula is C13H17N3O3. The Balaban J connectivity index is 1.96. The second-order valence-corrected chi connectivity index (χ2v) is 4.67. The van der Waals surface area contributed by atoms with Gasteiger partial charge in [0.15, 0.2) is 0 Å². The number of amides is 1. The van der Waals surface area contributed by atoms with Crippen molar-refractivity contribution in [1.29, 1.82) is 0 Å². The molecule has 1 aromatic rings. The standard InChI is InChI=1S/C13H17N3O3/c17-13(15-11-3-1-2-8-14-9-11)10-4-6-12(7-5-10)16(18)19/h4-7,11,14H,1-3,8-9H2,(H,15,17). The second-order valence-electron chi connectivity index (χ2n) is 4.67. The molecule has 0 bridgehead atoms. The van der Waals surface area contributed by atoms with Crippen molar-refractivity contribution in [3.8, 4) is 0 Å². The maximum Gasteiger partial charge on any atom is 0.269 e. The van der Waals surface area contributed by atoms with Gasteiger partial charge in [0.25, 0.3) is 11.6 Å². The Hall–Kier alpha value is -1.95. The van der Waals surface area contributed by atoms with Gasteiger partial charge in [-0.2, -0.15) is 0 Å². The normalized spacial score (nSPS) is 19.5. The van der Waals surface area contributed by atoms with E-state index in [0.717, 1.165) is 32.4 Å². The first kappa shape index (κ1) is 13.5. The number of hydrogen-bond acceptors (Lipinski definition) is 4. The minimum atomic E-state index is -0.475. The predicted molar refractivity (Wildman–Crippen MR) is 71.1 cm³/mol. The molecule has 2 N–H and O–H groups in total. The van der Waals surface area contributed by atoms with Crippen molar-refractivity contribution in [1.82, 2.24) is 10.6 Å². The quantitative estimate of drug-likeness (QED) is 0.639. The third kappa shape index (κ3) is 3.75. The molecule has 0 aromatic heterocycles. The molecule has 1 aliphatic heterocycles. The lowest BCUT2D eigenvalue weighted by atomic mass is 10.1. The van der Waals surface area contributed by atoms with E-state index in [1.165, 1.54) is 24.3 Å². The van der Waals surface area contributed by atoms with E-state index < -0.39 is 4.92 Å². The summed E-state index contributed by atoms with van der Waals surface area (Å²) in [5, 5.41) is 16.8. The van der Waals surface area contributed by atoms with Gasteiger partial charge in [-0.1, -0.05) is 6.42 Å². The van der Waals surface area contributed by atoms with Gasteiger partial charge in [-0.25, -0.2) is 0 Å². The lowest BCUT2D eigenvalue weighted by molar-refractivity contribution is -0.384. The van der Waals surface area contributed by atoms with Crippen LogP contribution in [0.2, 0.25) is 0 Å². The minimum Gasteiger partial charge on any atom is -0.348 e. The highest BCUT2D eigenvalue weighted by atomic mass is 16.6. The fourth-order valence-corrected chi connectivity index (χ4v) is 2.15. The summed E-state index contributed by atoms with van der Waals surface area (Å²) in [6, 6.07) is 5.79. The van der Waals surface area contributed by atoms with E-state index in [4.69, 9.17) is 0 Å². The molecule has 1 atom stereocenters. The van der Waals surface area contributed by atoms with Gasteiger partial charge in [0.1, 0.15) is 0 Å². The largest absolute Gasteiger partial charge is 0.348 e. The summed E-state index contributed by atoms with van der Waals surface area (Å²) in [6.07, 6.45) is 3.19. The van der Waals surface area contributed by atoms with Crippen molar-refractivity contribution in [3.63, 3.8) is 0 Å². The van der Waals surface area contributed by atoms with E-state index in [1.54, 1.807) is 0 Å². The average molecular weight is 263 g/mol. The molecule has 1 amide bonds. The molecule has 102 valence electrons. The van der Waals surface area contributed by atoms with E-state index in [9.17, 15) is 14.9 Å². The van der Waals surface area contributed by atoms with E-state index in [0.29, 0.717) is 5.56 Å². The maximum atomic E-state index is 12.0. The van der Waals surface area contributed by atoms with Crippen molar-refractivity contribution < 1.29 is 9.72 Å². The maximum absolute atomic E-state index is 12.0. The van der Waals surface area contributed by atoms with Crippen LogP contribution < -0.4 is 10.6 Å². The Morgan fingerprint density at radius 1 is 1.32 bits per heavy atom. The number of nitrogens with zero attached hydrogens (tertiary/aromatic N) is 1. The molecule has 1 heterocycles. The zero-order chi connectivity index (χ0) is 13.7. The average Bonchev–Trinajstić information content (AvgIpc) is 2.67. The van der Waals surface area contributed by atoms with Crippen LogP contribution in [-0.4, -0.2) is 30.0 Å². The highest BCUT2D eigenvalue weighted by Gasteiger charge is 2.16. The first-order valence-corrected chi connectivity index (χ1v) is 6.43. The molecule has 1 aromatic carbocycles. The number of rotatable bonds is 3. The van der Waals surface area contributed by atoms with E-state index in [2.05, 4.69) is 10.6 Å². The molecule has 0 aliphatic carbocycles. The Bertz CT molecular complexity index is 451. The Morgan fingerprint density at radius 3 is 2.74 bits per heavy atom. The predicted octanol–water partition coefficient (Wildman–Crippen LogP) is 1.47. The van der Waals surface area contributed by atoms with Crippen molar-refractivity contribution >= 4 is 11.6 Å². The number of benzene rings is 1.